The predicted molar refractivity (Wildman–Crippen MR) is 78.0 cm³/mol. The first-order valence-electron chi connectivity index (χ1n) is 6.90. The van der Waals surface area contributed by atoms with Gasteiger partial charge in [-0.2, -0.15) is 0 Å². The van der Waals surface area contributed by atoms with E-state index in [4.69, 9.17) is 4.42 Å². The standard InChI is InChI=1S/C16H18N2O2/c19-13-14-3-5-15(6-4-14)18-9-7-17(8-10-18)12-16-2-1-11-20-16/h1-6,11,13H,7-10,12H2. The topological polar surface area (TPSA) is 36.7 Å². The van der Waals surface area contributed by atoms with Crippen LogP contribution in [0.25, 0.3) is 0 Å². The third kappa shape index (κ3) is 2.91. The van der Waals surface area contributed by atoms with Gasteiger partial charge in [0.05, 0.1) is 12.8 Å². The van der Waals surface area contributed by atoms with Crippen molar-refractivity contribution in [2.75, 3.05) is 31.1 Å². The third-order valence-corrected chi connectivity index (χ3v) is 3.73. The molecule has 1 fully saturated rings. The summed E-state index contributed by atoms with van der Waals surface area (Å²) in [5, 5.41) is 0. The molecule has 0 spiro atoms. The zero-order valence-corrected chi connectivity index (χ0v) is 11.4. The molecule has 3 rings (SSSR count). The fourth-order valence-corrected chi connectivity index (χ4v) is 2.55. The van der Waals surface area contributed by atoms with Crippen LogP contribution in [0.15, 0.2) is 47.1 Å². The summed E-state index contributed by atoms with van der Waals surface area (Å²) in [7, 11) is 0. The van der Waals surface area contributed by atoms with Crippen molar-refractivity contribution in [3.63, 3.8) is 0 Å². The summed E-state index contributed by atoms with van der Waals surface area (Å²) < 4.78 is 5.38. The highest BCUT2D eigenvalue weighted by atomic mass is 16.3. The molecule has 104 valence electrons. The first-order valence-corrected chi connectivity index (χ1v) is 6.90. The van der Waals surface area contributed by atoms with Crippen LogP contribution in [0.5, 0.6) is 0 Å². The third-order valence-electron chi connectivity index (χ3n) is 3.73. The molecule has 0 radical (unpaired) electrons. The van der Waals surface area contributed by atoms with Crippen molar-refractivity contribution >= 4 is 12.0 Å². The van der Waals surface area contributed by atoms with Crippen molar-refractivity contribution in [1.29, 1.82) is 0 Å². The summed E-state index contributed by atoms with van der Waals surface area (Å²) in [5.74, 6) is 1.02. The van der Waals surface area contributed by atoms with Gasteiger partial charge in [-0.3, -0.25) is 9.69 Å². The number of hydrogen-bond acceptors (Lipinski definition) is 4. The predicted octanol–water partition coefficient (Wildman–Crippen LogP) is 2.41. The minimum atomic E-state index is 0.727. The van der Waals surface area contributed by atoms with Crippen molar-refractivity contribution in [2.45, 2.75) is 6.54 Å². The van der Waals surface area contributed by atoms with Gasteiger partial charge in [0.2, 0.25) is 0 Å². The summed E-state index contributed by atoms with van der Waals surface area (Å²) in [6.45, 7) is 4.93. The van der Waals surface area contributed by atoms with E-state index in [9.17, 15) is 4.79 Å². The molecule has 4 heteroatoms. The lowest BCUT2D eigenvalue weighted by molar-refractivity contribution is 0.112. The average Bonchev–Trinajstić information content (AvgIpc) is 3.01. The van der Waals surface area contributed by atoms with Gasteiger partial charge >= 0.3 is 0 Å². The minimum Gasteiger partial charge on any atom is -0.468 e. The number of nitrogens with zero attached hydrogens (tertiary/aromatic N) is 2. The van der Waals surface area contributed by atoms with Crippen LogP contribution in [0, 0.1) is 0 Å². The van der Waals surface area contributed by atoms with Crippen molar-refractivity contribution in [3.8, 4) is 0 Å². The smallest absolute Gasteiger partial charge is 0.150 e. The maximum Gasteiger partial charge on any atom is 0.150 e. The van der Waals surface area contributed by atoms with Gasteiger partial charge in [-0.25, -0.2) is 0 Å². The van der Waals surface area contributed by atoms with Crippen LogP contribution in [0.3, 0.4) is 0 Å². The lowest BCUT2D eigenvalue weighted by Crippen LogP contribution is -2.45. The number of anilines is 1. The maximum atomic E-state index is 10.7. The largest absolute Gasteiger partial charge is 0.468 e. The number of aldehydes is 1. The Labute approximate surface area is 118 Å². The Hall–Kier alpha value is -2.07. The molecule has 4 nitrogen and oxygen atoms in total. The Bertz CT molecular complexity index is 540. The number of benzene rings is 1. The van der Waals surface area contributed by atoms with E-state index in [0.717, 1.165) is 50.3 Å². The zero-order valence-electron chi connectivity index (χ0n) is 11.4. The van der Waals surface area contributed by atoms with Crippen LogP contribution in [0.1, 0.15) is 16.1 Å². The highest BCUT2D eigenvalue weighted by molar-refractivity contribution is 5.75. The van der Waals surface area contributed by atoms with Crippen molar-refractivity contribution in [3.05, 3.63) is 54.0 Å². The van der Waals surface area contributed by atoms with Crippen LogP contribution in [-0.2, 0) is 6.54 Å². The Kier molecular flexibility index (Phi) is 3.83. The molecule has 20 heavy (non-hydrogen) atoms. The summed E-state index contributed by atoms with van der Waals surface area (Å²) in [4.78, 5) is 15.4. The molecule has 1 aromatic carbocycles. The van der Waals surface area contributed by atoms with Crippen LogP contribution >= 0.6 is 0 Å². The second-order valence-electron chi connectivity index (χ2n) is 5.05. The molecule has 2 heterocycles. The molecule has 1 saturated heterocycles. The van der Waals surface area contributed by atoms with E-state index in [0.29, 0.717) is 0 Å². The first kappa shape index (κ1) is 12.9. The molecule has 0 aliphatic carbocycles. The molecule has 1 aromatic heterocycles. The number of rotatable bonds is 4. The van der Waals surface area contributed by atoms with E-state index in [1.165, 1.54) is 5.69 Å². The van der Waals surface area contributed by atoms with Gasteiger partial charge in [-0.15, -0.1) is 0 Å². The molecule has 0 N–H and O–H groups in total. The van der Waals surface area contributed by atoms with Gasteiger partial charge in [0.25, 0.3) is 0 Å². The molecule has 0 amide bonds. The Morgan fingerprint density at radius 1 is 1.05 bits per heavy atom. The zero-order chi connectivity index (χ0) is 13.8. The van der Waals surface area contributed by atoms with E-state index in [1.807, 2.05) is 36.4 Å². The number of furan rings is 1. The lowest BCUT2D eigenvalue weighted by atomic mass is 10.2. The molecular weight excluding hydrogens is 252 g/mol. The van der Waals surface area contributed by atoms with Crippen LogP contribution in [0.4, 0.5) is 5.69 Å². The second-order valence-corrected chi connectivity index (χ2v) is 5.05. The molecule has 2 aromatic rings. The molecule has 1 aliphatic rings. The van der Waals surface area contributed by atoms with E-state index >= 15 is 0 Å². The average molecular weight is 270 g/mol. The van der Waals surface area contributed by atoms with E-state index in [-0.39, 0.29) is 0 Å². The molecule has 0 unspecified atom stereocenters. The summed E-state index contributed by atoms with van der Waals surface area (Å²) >= 11 is 0. The van der Waals surface area contributed by atoms with Crippen LogP contribution < -0.4 is 4.90 Å². The van der Waals surface area contributed by atoms with E-state index in [1.54, 1.807) is 6.26 Å². The summed E-state index contributed by atoms with van der Waals surface area (Å²) in [5.41, 5.74) is 1.92. The molecule has 0 atom stereocenters. The van der Waals surface area contributed by atoms with Gasteiger partial charge in [-0.1, -0.05) is 0 Å². The quantitative estimate of drug-likeness (QED) is 0.799. The summed E-state index contributed by atoms with van der Waals surface area (Å²) in [6.07, 6.45) is 2.60. The maximum absolute atomic E-state index is 10.7. The number of carbonyl (C=O) groups is 1. The van der Waals surface area contributed by atoms with Gasteiger partial charge in [0, 0.05) is 37.4 Å². The fourth-order valence-electron chi connectivity index (χ4n) is 2.55. The van der Waals surface area contributed by atoms with Crippen LogP contribution in [0.2, 0.25) is 0 Å². The van der Waals surface area contributed by atoms with Crippen molar-refractivity contribution in [2.24, 2.45) is 0 Å². The van der Waals surface area contributed by atoms with E-state index < -0.39 is 0 Å². The van der Waals surface area contributed by atoms with E-state index in [2.05, 4.69) is 9.80 Å². The van der Waals surface area contributed by atoms with Crippen molar-refractivity contribution < 1.29 is 9.21 Å². The monoisotopic (exact) mass is 270 g/mol. The fraction of sp³-hybridized carbons (Fsp3) is 0.312. The SMILES string of the molecule is O=Cc1ccc(N2CCN(Cc3ccco3)CC2)cc1. The Balaban J connectivity index is 1.56. The lowest BCUT2D eigenvalue weighted by Gasteiger charge is -2.35. The number of carbonyl (C=O) groups excluding carboxylic acids is 1. The summed E-state index contributed by atoms with van der Waals surface area (Å²) in [6, 6.07) is 11.7. The van der Waals surface area contributed by atoms with Gasteiger partial charge in [0.1, 0.15) is 12.0 Å². The Morgan fingerprint density at radius 3 is 2.40 bits per heavy atom. The normalized spacial score (nSPS) is 16.3. The Morgan fingerprint density at radius 2 is 1.80 bits per heavy atom. The molecular formula is C16H18N2O2. The number of piperazine rings is 1. The van der Waals surface area contributed by atoms with Crippen molar-refractivity contribution in [1.82, 2.24) is 4.90 Å². The molecule has 1 aliphatic heterocycles. The van der Waals surface area contributed by atoms with Gasteiger partial charge in [0.15, 0.2) is 0 Å². The van der Waals surface area contributed by atoms with Crippen LogP contribution in [-0.4, -0.2) is 37.4 Å². The highest BCUT2D eigenvalue weighted by Gasteiger charge is 2.17. The minimum absolute atomic E-state index is 0.727. The second kappa shape index (κ2) is 5.92. The van der Waals surface area contributed by atoms with Gasteiger partial charge < -0.3 is 9.32 Å². The van der Waals surface area contributed by atoms with Gasteiger partial charge in [-0.05, 0) is 36.4 Å². The first-order chi connectivity index (χ1) is 9.85. The molecule has 0 saturated carbocycles. The highest BCUT2D eigenvalue weighted by Crippen LogP contribution is 2.17. The number of hydrogen-bond donors (Lipinski definition) is 0. The molecule has 0 bridgehead atoms.